The molecule has 3 aromatic rings. The summed E-state index contributed by atoms with van der Waals surface area (Å²) in [5.41, 5.74) is 2.53. The fourth-order valence-corrected chi connectivity index (χ4v) is 3.81. The van der Waals surface area contributed by atoms with Gasteiger partial charge in [0.1, 0.15) is 11.6 Å². The quantitative estimate of drug-likeness (QED) is 0.580. The lowest BCUT2D eigenvalue weighted by Crippen LogP contribution is -2.07. The molecule has 0 saturated carbocycles. The molecule has 0 aliphatic heterocycles. The molecule has 0 fully saturated rings. The van der Waals surface area contributed by atoms with Gasteiger partial charge in [0.25, 0.3) is 0 Å². The van der Waals surface area contributed by atoms with Gasteiger partial charge in [0.2, 0.25) is 0 Å². The number of esters is 1. The third-order valence-electron chi connectivity index (χ3n) is 3.49. The van der Waals surface area contributed by atoms with E-state index in [0.717, 1.165) is 16.1 Å². The number of hydrogen-bond donors (Lipinski definition) is 0. The second kappa shape index (κ2) is 8.13. The van der Waals surface area contributed by atoms with E-state index in [1.165, 1.54) is 11.3 Å². The molecule has 0 radical (unpaired) electrons. The summed E-state index contributed by atoms with van der Waals surface area (Å²) in [6, 6.07) is 7.57. The Morgan fingerprint density at radius 1 is 1.16 bits per heavy atom. The van der Waals surface area contributed by atoms with Crippen LogP contribution in [0.25, 0.3) is 10.6 Å². The highest BCUT2D eigenvalue weighted by atomic mass is 32.1. The van der Waals surface area contributed by atoms with Crippen molar-refractivity contribution >= 4 is 28.6 Å². The Morgan fingerprint density at radius 2 is 2.04 bits per heavy atom. The van der Waals surface area contributed by atoms with E-state index in [-0.39, 0.29) is 19.0 Å². The first-order chi connectivity index (χ1) is 12.2. The summed E-state index contributed by atoms with van der Waals surface area (Å²) in [6.45, 7) is 0.158. The van der Waals surface area contributed by atoms with Crippen molar-refractivity contribution in [2.75, 3.05) is 14.2 Å². The van der Waals surface area contributed by atoms with Gasteiger partial charge < -0.3 is 14.2 Å². The molecule has 5 nitrogen and oxygen atoms in total. The van der Waals surface area contributed by atoms with E-state index in [1.807, 2.05) is 40.4 Å². The molecule has 1 aromatic carbocycles. The number of aromatic nitrogens is 1. The lowest BCUT2D eigenvalue weighted by Gasteiger charge is -2.10. The zero-order valence-corrected chi connectivity index (χ0v) is 15.5. The number of carbonyl (C=O) groups excluding carboxylic acids is 1. The molecule has 2 aromatic heterocycles. The molecule has 0 amide bonds. The molecule has 0 aliphatic rings. The summed E-state index contributed by atoms with van der Waals surface area (Å²) in [5.74, 6) is 1.03. The first-order valence-corrected chi connectivity index (χ1v) is 9.36. The fraction of sp³-hybridized carbons (Fsp3) is 0.222. The third-order valence-corrected chi connectivity index (χ3v) is 5.15. The Morgan fingerprint density at radius 3 is 2.76 bits per heavy atom. The minimum atomic E-state index is -0.257. The van der Waals surface area contributed by atoms with Gasteiger partial charge in [-0.25, -0.2) is 4.98 Å². The van der Waals surface area contributed by atoms with Crippen LogP contribution in [0, 0.1) is 0 Å². The van der Waals surface area contributed by atoms with Crippen molar-refractivity contribution in [2.45, 2.75) is 13.0 Å². The molecular formula is C18H17NO4S2. The maximum absolute atomic E-state index is 11.9. The van der Waals surface area contributed by atoms with E-state index < -0.39 is 0 Å². The fourth-order valence-electron chi connectivity index (χ4n) is 2.32. The first kappa shape index (κ1) is 17.4. The van der Waals surface area contributed by atoms with E-state index in [4.69, 9.17) is 14.2 Å². The van der Waals surface area contributed by atoms with Gasteiger partial charge in [-0.1, -0.05) is 6.07 Å². The molecule has 0 atom stereocenters. The van der Waals surface area contributed by atoms with Gasteiger partial charge >= 0.3 is 5.97 Å². The van der Waals surface area contributed by atoms with E-state index in [1.54, 1.807) is 25.6 Å². The normalized spacial score (nSPS) is 10.5. The summed E-state index contributed by atoms with van der Waals surface area (Å²) in [5, 5.41) is 6.56. The van der Waals surface area contributed by atoms with Crippen LogP contribution >= 0.6 is 22.7 Å². The van der Waals surface area contributed by atoms with Crippen molar-refractivity contribution in [3.8, 4) is 22.1 Å². The summed E-state index contributed by atoms with van der Waals surface area (Å²) in [7, 11) is 3.20. The van der Waals surface area contributed by atoms with Gasteiger partial charge in [-0.3, -0.25) is 4.79 Å². The van der Waals surface area contributed by atoms with Crippen molar-refractivity contribution < 1.29 is 19.0 Å². The smallest absolute Gasteiger partial charge is 0.310 e. The van der Waals surface area contributed by atoms with Crippen LogP contribution in [0.2, 0.25) is 0 Å². The average Bonchev–Trinajstić information content (AvgIpc) is 3.31. The second-order valence-electron chi connectivity index (χ2n) is 5.15. The van der Waals surface area contributed by atoms with Crippen LogP contribution in [0.4, 0.5) is 0 Å². The largest absolute Gasteiger partial charge is 0.493 e. The van der Waals surface area contributed by atoms with Gasteiger partial charge in [0.05, 0.1) is 31.9 Å². The van der Waals surface area contributed by atoms with Crippen LogP contribution < -0.4 is 9.47 Å². The number of rotatable bonds is 7. The Hall–Kier alpha value is -2.38. The number of thiazole rings is 1. The highest BCUT2D eigenvalue weighted by Gasteiger charge is 2.15. The van der Waals surface area contributed by atoms with E-state index >= 15 is 0 Å². The third kappa shape index (κ3) is 4.18. The van der Waals surface area contributed by atoms with Crippen molar-refractivity contribution in [3.63, 3.8) is 0 Å². The molecule has 0 unspecified atom stereocenters. The molecular weight excluding hydrogens is 358 g/mol. The van der Waals surface area contributed by atoms with Crippen LogP contribution in [-0.2, 0) is 22.6 Å². The monoisotopic (exact) mass is 375 g/mol. The van der Waals surface area contributed by atoms with Gasteiger partial charge in [-0.05, 0) is 34.5 Å². The number of methoxy groups -OCH3 is 2. The van der Waals surface area contributed by atoms with Crippen molar-refractivity contribution in [3.05, 3.63) is 51.7 Å². The van der Waals surface area contributed by atoms with E-state index in [9.17, 15) is 4.79 Å². The van der Waals surface area contributed by atoms with Crippen LogP contribution in [0.1, 0.15) is 11.3 Å². The van der Waals surface area contributed by atoms with Crippen molar-refractivity contribution in [1.82, 2.24) is 4.98 Å². The molecule has 7 heteroatoms. The van der Waals surface area contributed by atoms with Crippen LogP contribution in [-0.4, -0.2) is 25.2 Å². The predicted molar refractivity (Wildman–Crippen MR) is 98.5 cm³/mol. The van der Waals surface area contributed by atoms with Gasteiger partial charge in [-0.15, -0.1) is 11.3 Å². The number of thiophene rings is 1. The lowest BCUT2D eigenvalue weighted by atomic mass is 10.2. The summed E-state index contributed by atoms with van der Waals surface area (Å²) in [4.78, 5) is 16.4. The Bertz CT molecular complexity index is 843. The highest BCUT2D eigenvalue weighted by Crippen LogP contribution is 2.38. The van der Waals surface area contributed by atoms with Crippen LogP contribution in [0.3, 0.4) is 0 Å². The lowest BCUT2D eigenvalue weighted by molar-refractivity contribution is -0.144. The van der Waals surface area contributed by atoms with Gasteiger partial charge in [-0.2, -0.15) is 11.3 Å². The molecule has 130 valence electrons. The summed E-state index contributed by atoms with van der Waals surface area (Å²) < 4.78 is 16.1. The maximum atomic E-state index is 11.9. The number of para-hydroxylation sites is 1. The summed E-state index contributed by atoms with van der Waals surface area (Å²) >= 11 is 3.03. The predicted octanol–water partition coefficient (Wildman–Crippen LogP) is 4.17. The number of hydrogen-bond acceptors (Lipinski definition) is 7. The molecule has 0 N–H and O–H groups in total. The number of ether oxygens (including phenoxy) is 3. The van der Waals surface area contributed by atoms with Crippen LogP contribution in [0.15, 0.2) is 40.4 Å². The Kier molecular flexibility index (Phi) is 5.67. The second-order valence-corrected chi connectivity index (χ2v) is 6.79. The summed E-state index contributed by atoms with van der Waals surface area (Å²) in [6.07, 6.45) is 0.282. The average molecular weight is 375 g/mol. The number of benzene rings is 1. The van der Waals surface area contributed by atoms with Crippen LogP contribution in [0.5, 0.6) is 11.5 Å². The molecule has 2 heterocycles. The molecule has 0 aliphatic carbocycles. The first-order valence-electron chi connectivity index (χ1n) is 7.53. The maximum Gasteiger partial charge on any atom is 0.310 e. The number of carbonyl (C=O) groups is 1. The van der Waals surface area contributed by atoms with E-state index in [2.05, 4.69) is 4.98 Å². The topological polar surface area (TPSA) is 57.7 Å². The highest BCUT2D eigenvalue weighted by molar-refractivity contribution is 7.13. The molecule has 3 rings (SSSR count). The SMILES string of the molecule is COc1cccc(-c2nc(COC(=O)Cc3ccsc3)cs2)c1OC. The zero-order chi connectivity index (χ0) is 17.6. The van der Waals surface area contributed by atoms with Gasteiger partial charge in [0, 0.05) is 5.38 Å². The molecule has 0 bridgehead atoms. The Balaban J connectivity index is 1.67. The Labute approximate surface area is 153 Å². The molecule has 0 spiro atoms. The minimum absolute atomic E-state index is 0.158. The standard InChI is InChI=1S/C18H17NO4S2/c1-21-15-5-3-4-14(17(15)22-2)18-19-13(11-25-18)9-23-16(20)8-12-6-7-24-10-12/h3-7,10-11H,8-9H2,1-2H3. The number of nitrogens with zero attached hydrogens (tertiary/aromatic N) is 1. The zero-order valence-electron chi connectivity index (χ0n) is 13.9. The van der Waals surface area contributed by atoms with Crippen molar-refractivity contribution in [2.24, 2.45) is 0 Å². The van der Waals surface area contributed by atoms with Gasteiger partial charge in [0.15, 0.2) is 11.5 Å². The molecule has 25 heavy (non-hydrogen) atoms. The minimum Gasteiger partial charge on any atom is -0.493 e. The molecule has 0 saturated heterocycles. The van der Waals surface area contributed by atoms with E-state index in [0.29, 0.717) is 17.2 Å². The van der Waals surface area contributed by atoms with Crippen molar-refractivity contribution in [1.29, 1.82) is 0 Å².